The zero-order valence-corrected chi connectivity index (χ0v) is 13.0. The average Bonchev–Trinajstić information content (AvgIpc) is 2.96. The van der Waals surface area contributed by atoms with E-state index in [1.165, 1.54) is 0 Å². The maximum Gasteiger partial charge on any atom is 0.227 e. The van der Waals surface area contributed by atoms with E-state index in [0.717, 1.165) is 5.69 Å². The molecule has 2 heterocycles. The smallest absolute Gasteiger partial charge is 0.227 e. The summed E-state index contributed by atoms with van der Waals surface area (Å²) in [5.41, 5.74) is -0.0776. The van der Waals surface area contributed by atoms with Crippen molar-refractivity contribution in [3.63, 3.8) is 0 Å². The average molecular weight is 318 g/mol. The number of para-hydroxylation sites is 1. The molecule has 2 saturated heterocycles. The van der Waals surface area contributed by atoms with Crippen molar-refractivity contribution in [1.82, 2.24) is 5.32 Å². The number of nitrogens with one attached hydrogen (secondary N) is 1. The molecule has 1 unspecified atom stereocenters. The molecule has 2 fully saturated rings. The van der Waals surface area contributed by atoms with E-state index in [9.17, 15) is 14.7 Å². The number of rotatable bonds is 4. The summed E-state index contributed by atoms with van der Waals surface area (Å²) in [6.45, 7) is 1.62. The Morgan fingerprint density at radius 3 is 2.70 bits per heavy atom. The number of ether oxygens (including phenoxy) is 1. The van der Waals surface area contributed by atoms with Gasteiger partial charge in [0.1, 0.15) is 0 Å². The summed E-state index contributed by atoms with van der Waals surface area (Å²) < 4.78 is 5.22. The van der Waals surface area contributed by atoms with E-state index in [2.05, 4.69) is 5.32 Å². The van der Waals surface area contributed by atoms with Gasteiger partial charge in [-0.3, -0.25) is 9.59 Å². The first-order valence-electron chi connectivity index (χ1n) is 8.01. The van der Waals surface area contributed by atoms with Crippen LogP contribution in [0.2, 0.25) is 0 Å². The van der Waals surface area contributed by atoms with Gasteiger partial charge in [-0.1, -0.05) is 18.2 Å². The molecule has 0 spiro atoms. The molecule has 6 heteroatoms. The van der Waals surface area contributed by atoms with Crippen LogP contribution >= 0.6 is 0 Å². The van der Waals surface area contributed by atoms with Crippen LogP contribution in [-0.4, -0.2) is 48.8 Å². The monoisotopic (exact) mass is 318 g/mol. The Morgan fingerprint density at radius 2 is 2.00 bits per heavy atom. The Hall–Kier alpha value is -1.92. The summed E-state index contributed by atoms with van der Waals surface area (Å²) in [5.74, 6) is -0.580. The molecule has 1 aromatic carbocycles. The number of hydrogen-bond acceptors (Lipinski definition) is 4. The number of nitrogens with zero attached hydrogens (tertiary/aromatic N) is 1. The van der Waals surface area contributed by atoms with Crippen LogP contribution in [0.1, 0.15) is 19.3 Å². The molecule has 1 atom stereocenters. The number of carbonyl (C=O) groups excluding carboxylic acids is 2. The second-order valence-corrected chi connectivity index (χ2v) is 6.30. The van der Waals surface area contributed by atoms with E-state index in [-0.39, 0.29) is 30.7 Å². The fourth-order valence-electron chi connectivity index (χ4n) is 3.06. The van der Waals surface area contributed by atoms with Gasteiger partial charge < -0.3 is 20.1 Å². The first-order chi connectivity index (χ1) is 11.1. The molecule has 124 valence electrons. The Bertz CT molecular complexity index is 569. The highest BCUT2D eigenvalue weighted by Gasteiger charge is 2.36. The molecule has 0 radical (unpaired) electrons. The SMILES string of the molecule is O=C(NCC1(O)CCOCC1)C1CC(=O)N(c2ccccc2)C1. The van der Waals surface area contributed by atoms with Crippen LogP contribution < -0.4 is 10.2 Å². The normalized spacial score (nSPS) is 23.8. The largest absolute Gasteiger partial charge is 0.388 e. The predicted octanol–water partition coefficient (Wildman–Crippen LogP) is 0.697. The maximum absolute atomic E-state index is 12.3. The number of anilines is 1. The standard InChI is InChI=1S/C17H22N2O4/c20-15-10-13(11-19(15)14-4-2-1-3-5-14)16(21)18-12-17(22)6-8-23-9-7-17/h1-5,13,22H,6-12H2,(H,18,21). The highest BCUT2D eigenvalue weighted by atomic mass is 16.5. The Kier molecular flexibility index (Phi) is 4.63. The number of aliphatic hydroxyl groups is 1. The third-order valence-electron chi connectivity index (χ3n) is 4.58. The molecule has 23 heavy (non-hydrogen) atoms. The van der Waals surface area contributed by atoms with Crippen LogP contribution in [0.5, 0.6) is 0 Å². The predicted molar refractivity (Wildman–Crippen MR) is 84.9 cm³/mol. The molecular weight excluding hydrogens is 296 g/mol. The number of amides is 2. The Morgan fingerprint density at radius 1 is 1.30 bits per heavy atom. The highest BCUT2D eigenvalue weighted by molar-refractivity contribution is 6.00. The number of hydrogen-bond donors (Lipinski definition) is 2. The lowest BCUT2D eigenvalue weighted by Crippen LogP contribution is -2.48. The van der Waals surface area contributed by atoms with Crippen LogP contribution in [0.15, 0.2) is 30.3 Å². The third kappa shape index (κ3) is 3.71. The molecule has 3 rings (SSSR count). The lowest BCUT2D eigenvalue weighted by atomic mass is 9.94. The van der Waals surface area contributed by atoms with E-state index >= 15 is 0 Å². The van der Waals surface area contributed by atoms with Crippen molar-refractivity contribution in [2.75, 3.05) is 31.2 Å². The summed E-state index contributed by atoms with van der Waals surface area (Å²) in [4.78, 5) is 26.1. The molecule has 2 aliphatic rings. The number of benzene rings is 1. The zero-order chi connectivity index (χ0) is 16.3. The van der Waals surface area contributed by atoms with Gasteiger partial charge in [0.25, 0.3) is 0 Å². The summed E-state index contributed by atoms with van der Waals surface area (Å²) in [5, 5.41) is 13.2. The van der Waals surface area contributed by atoms with Gasteiger partial charge in [-0.05, 0) is 12.1 Å². The second-order valence-electron chi connectivity index (χ2n) is 6.30. The van der Waals surface area contributed by atoms with Crippen LogP contribution in [0, 0.1) is 5.92 Å². The van der Waals surface area contributed by atoms with Gasteiger partial charge in [-0.2, -0.15) is 0 Å². The molecule has 0 bridgehead atoms. The van der Waals surface area contributed by atoms with Crippen molar-refractivity contribution in [3.8, 4) is 0 Å². The van der Waals surface area contributed by atoms with Crippen molar-refractivity contribution in [2.24, 2.45) is 5.92 Å². The van der Waals surface area contributed by atoms with Crippen molar-refractivity contribution in [3.05, 3.63) is 30.3 Å². The minimum atomic E-state index is -0.893. The van der Waals surface area contributed by atoms with Crippen molar-refractivity contribution in [1.29, 1.82) is 0 Å². The quantitative estimate of drug-likeness (QED) is 0.856. The first kappa shape index (κ1) is 16.0. The zero-order valence-electron chi connectivity index (χ0n) is 13.0. The van der Waals surface area contributed by atoms with Crippen LogP contribution in [0.3, 0.4) is 0 Å². The Balaban J connectivity index is 1.55. The molecule has 0 aliphatic carbocycles. The Labute approximate surface area is 135 Å². The van der Waals surface area contributed by atoms with E-state index < -0.39 is 5.60 Å². The minimum absolute atomic E-state index is 0.0406. The molecule has 2 aliphatic heterocycles. The van der Waals surface area contributed by atoms with E-state index in [1.54, 1.807) is 4.90 Å². The molecule has 2 N–H and O–H groups in total. The summed E-state index contributed by atoms with van der Waals surface area (Å²) >= 11 is 0. The lowest BCUT2D eigenvalue weighted by Gasteiger charge is -2.32. The molecular formula is C17H22N2O4. The highest BCUT2D eigenvalue weighted by Crippen LogP contribution is 2.25. The van der Waals surface area contributed by atoms with Crippen molar-refractivity contribution >= 4 is 17.5 Å². The molecule has 0 aromatic heterocycles. The van der Waals surface area contributed by atoms with E-state index in [1.807, 2.05) is 30.3 Å². The molecule has 2 amide bonds. The summed E-state index contributed by atoms with van der Waals surface area (Å²) in [7, 11) is 0. The van der Waals surface area contributed by atoms with Gasteiger partial charge >= 0.3 is 0 Å². The van der Waals surface area contributed by atoms with Crippen molar-refractivity contribution in [2.45, 2.75) is 24.9 Å². The third-order valence-corrected chi connectivity index (χ3v) is 4.58. The second kappa shape index (κ2) is 6.68. The fraction of sp³-hybridized carbons (Fsp3) is 0.529. The molecule has 1 aromatic rings. The number of carbonyl (C=O) groups is 2. The van der Waals surface area contributed by atoms with Gasteiger partial charge in [0.15, 0.2) is 0 Å². The van der Waals surface area contributed by atoms with Gasteiger partial charge in [0, 0.05) is 51.3 Å². The minimum Gasteiger partial charge on any atom is -0.388 e. The first-order valence-corrected chi connectivity index (χ1v) is 8.01. The van der Waals surface area contributed by atoms with Gasteiger partial charge in [0.05, 0.1) is 11.5 Å². The van der Waals surface area contributed by atoms with Gasteiger partial charge in [-0.15, -0.1) is 0 Å². The van der Waals surface area contributed by atoms with Gasteiger partial charge in [-0.25, -0.2) is 0 Å². The summed E-state index contributed by atoms with van der Waals surface area (Å²) in [6, 6.07) is 9.36. The van der Waals surface area contributed by atoms with Gasteiger partial charge in [0.2, 0.25) is 11.8 Å². The maximum atomic E-state index is 12.3. The van der Waals surface area contributed by atoms with E-state index in [4.69, 9.17) is 4.74 Å². The van der Waals surface area contributed by atoms with Crippen LogP contribution in [-0.2, 0) is 14.3 Å². The topological polar surface area (TPSA) is 78.9 Å². The summed E-state index contributed by atoms with van der Waals surface area (Å²) in [6.07, 6.45) is 1.25. The fourth-order valence-corrected chi connectivity index (χ4v) is 3.06. The van der Waals surface area contributed by atoms with Crippen LogP contribution in [0.25, 0.3) is 0 Å². The van der Waals surface area contributed by atoms with Crippen LogP contribution in [0.4, 0.5) is 5.69 Å². The molecule has 0 saturated carbocycles. The lowest BCUT2D eigenvalue weighted by molar-refractivity contribution is -0.128. The van der Waals surface area contributed by atoms with E-state index in [0.29, 0.717) is 32.6 Å². The molecule has 6 nitrogen and oxygen atoms in total. The van der Waals surface area contributed by atoms with Crippen molar-refractivity contribution < 1.29 is 19.4 Å².